The zero-order chi connectivity index (χ0) is 26.2. The van der Waals surface area contributed by atoms with E-state index in [9.17, 15) is 0 Å². The van der Waals surface area contributed by atoms with Crippen LogP contribution in [0.1, 0.15) is 23.5 Å². The second-order valence-corrected chi connectivity index (χ2v) is 9.76. The summed E-state index contributed by atoms with van der Waals surface area (Å²) >= 11 is 0. The molecule has 2 aliphatic heterocycles. The fourth-order valence-electron chi connectivity index (χ4n) is 5.31. The standard InChI is InChI=1S/C31H38N2O5/c1-34-17-6-15-33-16-18-36-28-14-9-23(19-27(28)33)22-37-29-20-32-21-30(38-26-7-4-3-5-8-26)31(29)24-10-12-25(35-2)13-11-24/h3-5,7-14,19,29-32H,6,15-18,20-22H2,1-2H3/t29-,30+,31?/m0/s1. The number of methoxy groups -OCH3 is 2. The van der Waals surface area contributed by atoms with Crippen molar-refractivity contribution in [2.75, 3.05) is 58.5 Å². The first kappa shape index (κ1) is 26.4. The van der Waals surface area contributed by atoms with E-state index in [2.05, 4.69) is 40.5 Å². The van der Waals surface area contributed by atoms with Crippen LogP contribution in [-0.2, 0) is 16.1 Å². The predicted molar refractivity (Wildman–Crippen MR) is 149 cm³/mol. The minimum atomic E-state index is -0.0715. The molecule has 1 saturated heterocycles. The lowest BCUT2D eigenvalue weighted by molar-refractivity contribution is -0.0259. The third kappa shape index (κ3) is 6.41. The summed E-state index contributed by atoms with van der Waals surface area (Å²) in [6.45, 7) is 5.29. The monoisotopic (exact) mass is 518 g/mol. The average molecular weight is 519 g/mol. The number of para-hydroxylation sites is 1. The maximum absolute atomic E-state index is 6.63. The molecule has 5 rings (SSSR count). The van der Waals surface area contributed by atoms with Crippen molar-refractivity contribution < 1.29 is 23.7 Å². The van der Waals surface area contributed by atoms with Crippen molar-refractivity contribution in [1.29, 1.82) is 0 Å². The molecular formula is C31H38N2O5. The number of benzene rings is 3. The minimum absolute atomic E-state index is 0.0593. The van der Waals surface area contributed by atoms with Crippen molar-refractivity contribution in [3.05, 3.63) is 83.9 Å². The molecule has 0 aliphatic carbocycles. The molecule has 3 atom stereocenters. The number of piperidine rings is 1. The van der Waals surface area contributed by atoms with Gasteiger partial charge in [0.1, 0.15) is 30.0 Å². The van der Waals surface area contributed by atoms with Crippen molar-refractivity contribution >= 4 is 5.69 Å². The normalized spacial score (nSPS) is 20.9. The van der Waals surface area contributed by atoms with Gasteiger partial charge in [-0.1, -0.05) is 36.4 Å². The second-order valence-electron chi connectivity index (χ2n) is 9.76. The highest BCUT2D eigenvalue weighted by Gasteiger charge is 2.37. The van der Waals surface area contributed by atoms with Gasteiger partial charge < -0.3 is 33.9 Å². The van der Waals surface area contributed by atoms with Crippen molar-refractivity contribution in [3.8, 4) is 17.2 Å². The Morgan fingerprint density at radius 3 is 2.53 bits per heavy atom. The number of hydrogen-bond donors (Lipinski definition) is 1. The number of ether oxygens (including phenoxy) is 5. The zero-order valence-electron chi connectivity index (χ0n) is 22.3. The molecule has 0 spiro atoms. The summed E-state index contributed by atoms with van der Waals surface area (Å²) < 4.78 is 29.7. The lowest BCUT2D eigenvalue weighted by atomic mass is 9.85. The van der Waals surface area contributed by atoms with Crippen LogP contribution in [0.15, 0.2) is 72.8 Å². The van der Waals surface area contributed by atoms with Crippen LogP contribution in [0, 0.1) is 0 Å². The van der Waals surface area contributed by atoms with Crippen molar-refractivity contribution in [1.82, 2.24) is 5.32 Å². The van der Waals surface area contributed by atoms with Gasteiger partial charge in [-0.15, -0.1) is 0 Å². The van der Waals surface area contributed by atoms with E-state index in [1.807, 2.05) is 42.5 Å². The number of hydrogen-bond acceptors (Lipinski definition) is 7. The molecule has 7 nitrogen and oxygen atoms in total. The summed E-state index contributed by atoms with van der Waals surface area (Å²) in [6, 6.07) is 24.7. The quantitative estimate of drug-likeness (QED) is 0.371. The van der Waals surface area contributed by atoms with Gasteiger partial charge in [-0.2, -0.15) is 0 Å². The minimum Gasteiger partial charge on any atom is -0.497 e. The molecule has 3 aromatic carbocycles. The Balaban J connectivity index is 1.33. The first-order valence-corrected chi connectivity index (χ1v) is 13.4. The summed E-state index contributed by atoms with van der Waals surface area (Å²) in [4.78, 5) is 2.38. The molecule has 0 amide bonds. The third-order valence-electron chi connectivity index (χ3n) is 7.25. The molecule has 0 aromatic heterocycles. The Kier molecular flexibility index (Phi) is 9.02. The smallest absolute Gasteiger partial charge is 0.142 e. The highest BCUT2D eigenvalue weighted by atomic mass is 16.5. The molecule has 3 aromatic rings. The van der Waals surface area contributed by atoms with E-state index in [-0.39, 0.29) is 18.1 Å². The number of anilines is 1. The molecule has 0 radical (unpaired) electrons. The highest BCUT2D eigenvalue weighted by Crippen LogP contribution is 2.35. The lowest BCUT2D eigenvalue weighted by Gasteiger charge is -2.39. The van der Waals surface area contributed by atoms with Gasteiger partial charge in [-0.05, 0) is 53.9 Å². The zero-order valence-corrected chi connectivity index (χ0v) is 22.3. The Labute approximate surface area is 225 Å². The number of fused-ring (bicyclic) bond motifs is 1. The van der Waals surface area contributed by atoms with Crippen LogP contribution >= 0.6 is 0 Å². The molecule has 38 heavy (non-hydrogen) atoms. The molecule has 1 fully saturated rings. The lowest BCUT2D eigenvalue weighted by Crippen LogP contribution is -2.51. The molecule has 1 unspecified atom stereocenters. The summed E-state index contributed by atoms with van der Waals surface area (Å²) in [6.07, 6.45) is 0.852. The molecule has 1 N–H and O–H groups in total. The van der Waals surface area contributed by atoms with Gasteiger partial charge in [0.2, 0.25) is 0 Å². The number of rotatable bonds is 11. The number of nitrogens with one attached hydrogen (secondary N) is 1. The first-order chi connectivity index (χ1) is 18.7. The van der Waals surface area contributed by atoms with Crippen LogP contribution in [0.5, 0.6) is 17.2 Å². The Hall–Kier alpha value is -3.26. The van der Waals surface area contributed by atoms with Gasteiger partial charge in [-0.25, -0.2) is 0 Å². The van der Waals surface area contributed by atoms with E-state index in [0.717, 1.165) is 67.7 Å². The molecular weight excluding hydrogens is 480 g/mol. The third-order valence-corrected chi connectivity index (χ3v) is 7.25. The maximum atomic E-state index is 6.63. The molecule has 0 saturated carbocycles. The Morgan fingerprint density at radius 1 is 0.921 bits per heavy atom. The second kappa shape index (κ2) is 13.0. The summed E-state index contributed by atoms with van der Waals surface area (Å²) in [5.74, 6) is 2.70. The fourth-order valence-corrected chi connectivity index (χ4v) is 5.31. The maximum Gasteiger partial charge on any atom is 0.142 e. The van der Waals surface area contributed by atoms with Crippen LogP contribution < -0.4 is 24.4 Å². The average Bonchev–Trinajstić information content (AvgIpc) is 2.97. The van der Waals surface area contributed by atoms with Gasteiger partial charge in [0.25, 0.3) is 0 Å². The van der Waals surface area contributed by atoms with Crippen LogP contribution in [0.3, 0.4) is 0 Å². The van der Waals surface area contributed by atoms with E-state index in [0.29, 0.717) is 13.2 Å². The fraction of sp³-hybridized carbons (Fsp3) is 0.419. The highest BCUT2D eigenvalue weighted by molar-refractivity contribution is 5.61. The van der Waals surface area contributed by atoms with Crippen molar-refractivity contribution in [2.45, 2.75) is 31.2 Å². The van der Waals surface area contributed by atoms with Crippen LogP contribution in [0.25, 0.3) is 0 Å². The molecule has 0 bridgehead atoms. The Bertz CT molecular complexity index is 1140. The summed E-state index contributed by atoms with van der Waals surface area (Å²) in [5, 5.41) is 3.53. The van der Waals surface area contributed by atoms with Gasteiger partial charge in [0.15, 0.2) is 0 Å². The van der Waals surface area contributed by atoms with E-state index < -0.39 is 0 Å². The van der Waals surface area contributed by atoms with E-state index in [1.54, 1.807) is 14.2 Å². The SMILES string of the molecule is COCCCN1CCOc2ccc(CO[C@H]3CNC[C@@H](Oc4ccccc4)C3c3ccc(OC)cc3)cc21. The summed E-state index contributed by atoms with van der Waals surface area (Å²) in [7, 11) is 3.44. The van der Waals surface area contributed by atoms with E-state index in [4.69, 9.17) is 23.7 Å². The molecule has 202 valence electrons. The van der Waals surface area contributed by atoms with Gasteiger partial charge in [-0.3, -0.25) is 0 Å². The van der Waals surface area contributed by atoms with Crippen molar-refractivity contribution in [3.63, 3.8) is 0 Å². The van der Waals surface area contributed by atoms with E-state index in [1.165, 1.54) is 5.56 Å². The molecule has 2 heterocycles. The largest absolute Gasteiger partial charge is 0.497 e. The predicted octanol–water partition coefficient (Wildman–Crippen LogP) is 4.65. The first-order valence-electron chi connectivity index (χ1n) is 13.4. The van der Waals surface area contributed by atoms with Crippen LogP contribution in [0.2, 0.25) is 0 Å². The van der Waals surface area contributed by atoms with E-state index >= 15 is 0 Å². The van der Waals surface area contributed by atoms with Crippen LogP contribution in [-0.4, -0.2) is 65.8 Å². The summed E-state index contributed by atoms with van der Waals surface area (Å²) in [5.41, 5.74) is 3.44. The topological polar surface area (TPSA) is 61.4 Å². The van der Waals surface area contributed by atoms with Gasteiger partial charge in [0, 0.05) is 39.3 Å². The Morgan fingerprint density at radius 2 is 1.74 bits per heavy atom. The molecule has 2 aliphatic rings. The van der Waals surface area contributed by atoms with Crippen molar-refractivity contribution in [2.24, 2.45) is 0 Å². The van der Waals surface area contributed by atoms with Gasteiger partial charge in [0.05, 0.1) is 32.1 Å². The molecule has 7 heteroatoms. The van der Waals surface area contributed by atoms with Crippen LogP contribution in [0.4, 0.5) is 5.69 Å². The van der Waals surface area contributed by atoms with Gasteiger partial charge >= 0.3 is 0 Å². The number of nitrogens with zero attached hydrogens (tertiary/aromatic N) is 1.